The van der Waals surface area contributed by atoms with Crippen LogP contribution in [-0.4, -0.2) is 17.8 Å². The van der Waals surface area contributed by atoms with Crippen molar-refractivity contribution in [3.05, 3.63) is 33.3 Å². The highest BCUT2D eigenvalue weighted by atomic mass is 79.9. The molecule has 0 saturated carbocycles. The van der Waals surface area contributed by atoms with E-state index in [4.69, 9.17) is 11.6 Å². The smallest absolute Gasteiger partial charge is 0.252 e. The Kier molecular flexibility index (Phi) is 6.52. The molecule has 5 heteroatoms. The minimum absolute atomic E-state index is 0.121. The molecule has 1 N–H and O–H groups in total. The molecule has 2 nitrogen and oxygen atoms in total. The number of amides is 1. The highest BCUT2D eigenvalue weighted by Crippen LogP contribution is 2.21. The van der Waals surface area contributed by atoms with Gasteiger partial charge in [0.25, 0.3) is 5.91 Å². The van der Waals surface area contributed by atoms with E-state index in [0.717, 1.165) is 16.2 Å². The van der Waals surface area contributed by atoms with Gasteiger partial charge in [-0.15, -0.1) is 0 Å². The van der Waals surface area contributed by atoms with Crippen molar-refractivity contribution in [2.24, 2.45) is 5.92 Å². The molecule has 1 aromatic rings. The molecule has 1 rings (SSSR count). The van der Waals surface area contributed by atoms with Crippen LogP contribution in [0.2, 0.25) is 5.02 Å². The second kappa shape index (κ2) is 7.39. The third-order valence-electron chi connectivity index (χ3n) is 2.39. The Bertz CT molecular complexity index is 398. The van der Waals surface area contributed by atoms with E-state index in [1.54, 1.807) is 12.1 Å². The molecule has 94 valence electrons. The van der Waals surface area contributed by atoms with E-state index in [1.807, 2.05) is 6.07 Å². The summed E-state index contributed by atoms with van der Waals surface area (Å²) in [6, 6.07) is 5.25. The first-order valence-corrected chi connectivity index (χ1v) is 7.63. The Hall–Kier alpha value is -0.0600. The van der Waals surface area contributed by atoms with Crippen molar-refractivity contribution in [1.29, 1.82) is 0 Å². The standard InChI is InChI=1S/C12H14Br2ClNO/c1-8(4-5-13)7-16-12(17)10-3-2-9(14)6-11(10)15/h2-3,6,8H,4-5,7H2,1H3,(H,16,17). The number of rotatable bonds is 5. The zero-order chi connectivity index (χ0) is 12.8. The zero-order valence-corrected chi connectivity index (χ0v) is 13.4. The molecule has 0 saturated heterocycles. The van der Waals surface area contributed by atoms with Gasteiger partial charge in [-0.2, -0.15) is 0 Å². The van der Waals surface area contributed by atoms with Crippen molar-refractivity contribution in [3.8, 4) is 0 Å². The maximum atomic E-state index is 11.9. The van der Waals surface area contributed by atoms with E-state index in [-0.39, 0.29) is 5.91 Å². The van der Waals surface area contributed by atoms with Crippen LogP contribution >= 0.6 is 43.5 Å². The predicted molar refractivity (Wildman–Crippen MR) is 79.1 cm³/mol. The van der Waals surface area contributed by atoms with Crippen molar-refractivity contribution >= 4 is 49.4 Å². The molecule has 0 radical (unpaired) electrons. The minimum atomic E-state index is -0.121. The van der Waals surface area contributed by atoms with E-state index in [9.17, 15) is 4.79 Å². The number of carbonyl (C=O) groups excluding carboxylic acids is 1. The number of halogens is 3. The maximum Gasteiger partial charge on any atom is 0.252 e. The lowest BCUT2D eigenvalue weighted by Gasteiger charge is -2.11. The molecule has 0 aromatic heterocycles. The van der Waals surface area contributed by atoms with E-state index in [2.05, 4.69) is 44.1 Å². The quantitative estimate of drug-likeness (QED) is 0.757. The minimum Gasteiger partial charge on any atom is -0.352 e. The Labute approximate surface area is 123 Å². The molecule has 0 aliphatic heterocycles. The van der Waals surface area contributed by atoms with Gasteiger partial charge in [-0.05, 0) is 30.5 Å². The average Bonchev–Trinajstić information content (AvgIpc) is 2.26. The van der Waals surface area contributed by atoms with Crippen molar-refractivity contribution in [2.75, 3.05) is 11.9 Å². The summed E-state index contributed by atoms with van der Waals surface area (Å²) in [6.45, 7) is 2.77. The Morgan fingerprint density at radius 1 is 1.53 bits per heavy atom. The fourth-order valence-electron chi connectivity index (χ4n) is 1.32. The topological polar surface area (TPSA) is 29.1 Å². The normalized spacial score (nSPS) is 12.2. The second-order valence-electron chi connectivity index (χ2n) is 3.92. The highest BCUT2D eigenvalue weighted by Gasteiger charge is 2.11. The van der Waals surface area contributed by atoms with Crippen molar-refractivity contribution in [2.45, 2.75) is 13.3 Å². The van der Waals surface area contributed by atoms with Crippen LogP contribution in [0.1, 0.15) is 23.7 Å². The first-order chi connectivity index (χ1) is 8.04. The zero-order valence-electron chi connectivity index (χ0n) is 9.47. The van der Waals surface area contributed by atoms with Gasteiger partial charge < -0.3 is 5.32 Å². The fraction of sp³-hybridized carbons (Fsp3) is 0.417. The Morgan fingerprint density at radius 2 is 2.24 bits per heavy atom. The second-order valence-corrected chi connectivity index (χ2v) is 6.03. The lowest BCUT2D eigenvalue weighted by atomic mass is 10.1. The molecule has 1 aromatic carbocycles. The Balaban J connectivity index is 2.58. The summed E-state index contributed by atoms with van der Waals surface area (Å²) in [6.07, 6.45) is 1.04. The van der Waals surface area contributed by atoms with Gasteiger partial charge in [-0.1, -0.05) is 50.4 Å². The monoisotopic (exact) mass is 381 g/mol. The molecule has 0 bridgehead atoms. The summed E-state index contributed by atoms with van der Waals surface area (Å²) in [7, 11) is 0. The van der Waals surface area contributed by atoms with Crippen LogP contribution in [0, 0.1) is 5.92 Å². The SMILES string of the molecule is CC(CCBr)CNC(=O)c1ccc(Br)cc1Cl. The summed E-state index contributed by atoms with van der Waals surface area (Å²) in [5.41, 5.74) is 0.515. The summed E-state index contributed by atoms with van der Waals surface area (Å²) < 4.78 is 0.867. The molecule has 1 unspecified atom stereocenters. The number of alkyl halides is 1. The van der Waals surface area contributed by atoms with Gasteiger partial charge in [0.15, 0.2) is 0 Å². The molecule has 0 spiro atoms. The number of carbonyl (C=O) groups is 1. The molecule has 0 aliphatic carbocycles. The van der Waals surface area contributed by atoms with Gasteiger partial charge in [0.1, 0.15) is 0 Å². The summed E-state index contributed by atoms with van der Waals surface area (Å²) in [5, 5.41) is 4.29. The first-order valence-electron chi connectivity index (χ1n) is 5.33. The summed E-state index contributed by atoms with van der Waals surface area (Å²) in [4.78, 5) is 11.9. The van der Waals surface area contributed by atoms with E-state index >= 15 is 0 Å². The van der Waals surface area contributed by atoms with Gasteiger partial charge in [0, 0.05) is 16.3 Å². The van der Waals surface area contributed by atoms with Gasteiger partial charge >= 0.3 is 0 Å². The van der Waals surface area contributed by atoms with Crippen molar-refractivity contribution in [3.63, 3.8) is 0 Å². The van der Waals surface area contributed by atoms with Crippen LogP contribution in [-0.2, 0) is 0 Å². The van der Waals surface area contributed by atoms with Crippen LogP contribution < -0.4 is 5.32 Å². The molecule has 0 aliphatic rings. The van der Waals surface area contributed by atoms with Gasteiger partial charge in [-0.25, -0.2) is 0 Å². The molecular formula is C12H14Br2ClNO. The lowest BCUT2D eigenvalue weighted by molar-refractivity contribution is 0.0948. The largest absolute Gasteiger partial charge is 0.352 e. The van der Waals surface area contributed by atoms with Gasteiger partial charge in [0.05, 0.1) is 10.6 Å². The van der Waals surface area contributed by atoms with Gasteiger partial charge in [-0.3, -0.25) is 4.79 Å². The number of hydrogen-bond acceptors (Lipinski definition) is 1. The molecule has 1 atom stereocenters. The van der Waals surface area contributed by atoms with Crippen LogP contribution in [0.25, 0.3) is 0 Å². The maximum absolute atomic E-state index is 11.9. The van der Waals surface area contributed by atoms with Crippen LogP contribution in [0.3, 0.4) is 0 Å². The fourth-order valence-corrected chi connectivity index (χ4v) is 2.86. The highest BCUT2D eigenvalue weighted by molar-refractivity contribution is 9.10. The van der Waals surface area contributed by atoms with Crippen molar-refractivity contribution < 1.29 is 4.79 Å². The van der Waals surface area contributed by atoms with Crippen LogP contribution in [0.15, 0.2) is 22.7 Å². The molecule has 0 heterocycles. The summed E-state index contributed by atoms with van der Waals surface area (Å²) >= 11 is 12.7. The molecule has 1 amide bonds. The number of benzene rings is 1. The first kappa shape index (κ1) is 15.0. The van der Waals surface area contributed by atoms with Gasteiger partial charge in [0.2, 0.25) is 0 Å². The molecule has 0 fully saturated rings. The number of hydrogen-bond donors (Lipinski definition) is 1. The molecule has 17 heavy (non-hydrogen) atoms. The third-order valence-corrected chi connectivity index (χ3v) is 3.65. The van der Waals surface area contributed by atoms with E-state index in [1.165, 1.54) is 0 Å². The lowest BCUT2D eigenvalue weighted by Crippen LogP contribution is -2.28. The molecular weight excluding hydrogens is 369 g/mol. The van der Waals surface area contributed by atoms with Crippen LogP contribution in [0.5, 0.6) is 0 Å². The predicted octanol–water partition coefficient (Wildman–Crippen LogP) is 4.25. The van der Waals surface area contributed by atoms with E-state index in [0.29, 0.717) is 23.0 Å². The van der Waals surface area contributed by atoms with Crippen LogP contribution in [0.4, 0.5) is 0 Å². The van der Waals surface area contributed by atoms with Crippen molar-refractivity contribution in [1.82, 2.24) is 5.32 Å². The third kappa shape index (κ3) is 4.98. The Morgan fingerprint density at radius 3 is 2.82 bits per heavy atom. The number of nitrogens with one attached hydrogen (secondary N) is 1. The van der Waals surface area contributed by atoms with E-state index < -0.39 is 0 Å². The summed E-state index contributed by atoms with van der Waals surface area (Å²) in [5.74, 6) is 0.330. The average molecular weight is 384 g/mol.